The molecule has 0 aliphatic heterocycles. The normalized spacial score (nSPS) is 12.7. The fourth-order valence-corrected chi connectivity index (χ4v) is 2.21. The van der Waals surface area contributed by atoms with E-state index in [1.54, 1.807) is 7.11 Å². The lowest BCUT2D eigenvalue weighted by atomic mass is 10.0. The Morgan fingerprint density at radius 3 is 2.55 bits per heavy atom. The van der Waals surface area contributed by atoms with Crippen molar-refractivity contribution in [3.8, 4) is 5.75 Å². The summed E-state index contributed by atoms with van der Waals surface area (Å²) in [6, 6.07) is 8.21. The molecule has 0 heterocycles. The van der Waals surface area contributed by atoms with Gasteiger partial charge in [0.2, 0.25) is 0 Å². The zero-order valence-corrected chi connectivity index (χ0v) is 16.5. The van der Waals surface area contributed by atoms with E-state index in [4.69, 9.17) is 10.5 Å². The fraction of sp³-hybridized carbons (Fsp3) is 0.588. The zero-order valence-electron chi connectivity index (χ0n) is 14.1. The fourth-order valence-electron chi connectivity index (χ4n) is 2.21. The number of nitrogens with two attached hydrogens (primary N) is 1. The van der Waals surface area contributed by atoms with Crippen LogP contribution in [-0.2, 0) is 6.54 Å². The second-order valence-electron chi connectivity index (χ2n) is 5.88. The molecule has 126 valence electrons. The third kappa shape index (κ3) is 8.46. The van der Waals surface area contributed by atoms with Crippen LogP contribution in [0.25, 0.3) is 0 Å². The molecule has 1 rings (SSSR count). The number of nitrogens with one attached hydrogen (secondary N) is 1. The molecule has 0 fully saturated rings. The molecule has 1 aromatic carbocycles. The Kier molecular flexibility index (Phi) is 11.1. The largest absolute Gasteiger partial charge is 0.496 e. The van der Waals surface area contributed by atoms with Gasteiger partial charge in [0.25, 0.3) is 0 Å². The minimum absolute atomic E-state index is 0. The number of halogens is 1. The first-order valence-electron chi connectivity index (χ1n) is 7.71. The maximum atomic E-state index is 5.94. The Labute approximate surface area is 151 Å². The number of hydrogen-bond donors (Lipinski definition) is 2. The lowest BCUT2D eigenvalue weighted by molar-refractivity contribution is 0.410. The van der Waals surface area contributed by atoms with Gasteiger partial charge in [0, 0.05) is 11.6 Å². The number of guanidine groups is 1. The van der Waals surface area contributed by atoms with Gasteiger partial charge in [-0.1, -0.05) is 44.9 Å². The van der Waals surface area contributed by atoms with Crippen molar-refractivity contribution in [3.63, 3.8) is 0 Å². The van der Waals surface area contributed by atoms with E-state index in [0.29, 0.717) is 18.5 Å². The first kappa shape index (κ1) is 21.0. The second-order valence-corrected chi connectivity index (χ2v) is 5.88. The molecule has 3 N–H and O–H groups in total. The van der Waals surface area contributed by atoms with Crippen LogP contribution < -0.4 is 15.8 Å². The van der Waals surface area contributed by atoms with Crippen molar-refractivity contribution in [1.29, 1.82) is 0 Å². The third-order valence-corrected chi connectivity index (χ3v) is 3.43. The first-order chi connectivity index (χ1) is 10.0. The average Bonchev–Trinajstić information content (AvgIpc) is 2.45. The molecule has 1 unspecified atom stereocenters. The van der Waals surface area contributed by atoms with Crippen LogP contribution in [0.15, 0.2) is 29.3 Å². The summed E-state index contributed by atoms with van der Waals surface area (Å²) in [5, 5.41) is 3.25. The molecule has 5 heteroatoms. The monoisotopic (exact) mass is 419 g/mol. The van der Waals surface area contributed by atoms with Crippen LogP contribution >= 0.6 is 24.0 Å². The van der Waals surface area contributed by atoms with Crippen molar-refractivity contribution in [1.82, 2.24) is 5.32 Å². The summed E-state index contributed by atoms with van der Waals surface area (Å²) in [5.41, 5.74) is 6.98. The lowest BCUT2D eigenvalue weighted by Crippen LogP contribution is -2.38. The van der Waals surface area contributed by atoms with Crippen LogP contribution in [0.3, 0.4) is 0 Å². The highest BCUT2D eigenvalue weighted by molar-refractivity contribution is 14.0. The minimum atomic E-state index is 0. The van der Waals surface area contributed by atoms with E-state index in [9.17, 15) is 0 Å². The number of methoxy groups -OCH3 is 1. The van der Waals surface area contributed by atoms with Crippen LogP contribution in [-0.4, -0.2) is 19.1 Å². The SMILES string of the molecule is COc1ccccc1CN=C(N)NC(C)CCCC(C)C.I. The molecular formula is C17H30IN3O. The summed E-state index contributed by atoms with van der Waals surface area (Å²) < 4.78 is 5.30. The minimum Gasteiger partial charge on any atom is -0.496 e. The van der Waals surface area contributed by atoms with Crippen molar-refractivity contribution in [2.24, 2.45) is 16.6 Å². The molecule has 1 atom stereocenters. The van der Waals surface area contributed by atoms with Crippen LogP contribution in [0.1, 0.15) is 45.6 Å². The Balaban J connectivity index is 0.00000441. The van der Waals surface area contributed by atoms with Crippen LogP contribution in [0, 0.1) is 5.92 Å². The second kappa shape index (κ2) is 11.6. The summed E-state index contributed by atoms with van der Waals surface area (Å²) in [6.45, 7) is 7.18. The topological polar surface area (TPSA) is 59.6 Å². The van der Waals surface area contributed by atoms with E-state index in [1.165, 1.54) is 12.8 Å². The highest BCUT2D eigenvalue weighted by Crippen LogP contribution is 2.17. The van der Waals surface area contributed by atoms with E-state index >= 15 is 0 Å². The smallest absolute Gasteiger partial charge is 0.189 e. The van der Waals surface area contributed by atoms with Gasteiger partial charge in [0.1, 0.15) is 5.75 Å². The van der Waals surface area contributed by atoms with E-state index in [0.717, 1.165) is 23.7 Å². The maximum Gasteiger partial charge on any atom is 0.189 e. The molecule has 0 saturated carbocycles. The molecule has 22 heavy (non-hydrogen) atoms. The number of para-hydroxylation sites is 1. The van der Waals surface area contributed by atoms with Crippen LogP contribution in [0.2, 0.25) is 0 Å². The van der Waals surface area contributed by atoms with Gasteiger partial charge in [0.15, 0.2) is 5.96 Å². The number of benzene rings is 1. The van der Waals surface area contributed by atoms with E-state index in [-0.39, 0.29) is 24.0 Å². The summed E-state index contributed by atoms with van der Waals surface area (Å²) in [6.07, 6.45) is 3.58. The van der Waals surface area contributed by atoms with Gasteiger partial charge in [0.05, 0.1) is 13.7 Å². The third-order valence-electron chi connectivity index (χ3n) is 3.43. The molecule has 0 aliphatic rings. The standard InChI is InChI=1S/C17H29N3O.HI/c1-13(2)8-7-9-14(3)20-17(18)19-12-15-10-5-6-11-16(15)21-4;/h5-6,10-11,13-14H,7-9,12H2,1-4H3,(H3,18,19,20);1H. The quantitative estimate of drug-likeness (QED) is 0.381. The van der Waals surface area contributed by atoms with Gasteiger partial charge in [-0.05, 0) is 25.3 Å². The first-order valence-corrected chi connectivity index (χ1v) is 7.71. The van der Waals surface area contributed by atoms with Crippen molar-refractivity contribution in [3.05, 3.63) is 29.8 Å². The van der Waals surface area contributed by atoms with E-state index in [2.05, 4.69) is 31.1 Å². The maximum absolute atomic E-state index is 5.94. The molecule has 1 aromatic rings. The summed E-state index contributed by atoms with van der Waals surface area (Å²) >= 11 is 0. The van der Waals surface area contributed by atoms with Gasteiger partial charge in [-0.3, -0.25) is 0 Å². The van der Waals surface area contributed by atoms with Crippen molar-refractivity contribution >= 4 is 29.9 Å². The number of rotatable bonds is 8. The summed E-state index contributed by atoms with van der Waals surface area (Å²) in [5.74, 6) is 2.10. The molecule has 4 nitrogen and oxygen atoms in total. The van der Waals surface area contributed by atoms with Crippen molar-refractivity contribution in [2.45, 2.75) is 52.6 Å². The van der Waals surface area contributed by atoms with Gasteiger partial charge < -0.3 is 15.8 Å². The average molecular weight is 419 g/mol. The van der Waals surface area contributed by atoms with Gasteiger partial charge >= 0.3 is 0 Å². The highest BCUT2D eigenvalue weighted by Gasteiger charge is 2.05. The molecule has 0 aromatic heterocycles. The lowest BCUT2D eigenvalue weighted by Gasteiger charge is -2.15. The Hall–Kier alpha value is -0.980. The molecule has 0 bridgehead atoms. The van der Waals surface area contributed by atoms with Gasteiger partial charge in [-0.2, -0.15) is 0 Å². The highest BCUT2D eigenvalue weighted by atomic mass is 127. The summed E-state index contributed by atoms with van der Waals surface area (Å²) in [7, 11) is 1.67. The number of hydrogen-bond acceptors (Lipinski definition) is 2. The Bertz CT molecular complexity index is 449. The zero-order chi connectivity index (χ0) is 15.7. The molecule has 0 spiro atoms. The van der Waals surface area contributed by atoms with Crippen LogP contribution in [0.4, 0.5) is 0 Å². The number of ether oxygens (including phenoxy) is 1. The van der Waals surface area contributed by atoms with Gasteiger partial charge in [-0.25, -0.2) is 4.99 Å². The molecule has 0 amide bonds. The van der Waals surface area contributed by atoms with Crippen molar-refractivity contribution < 1.29 is 4.74 Å². The predicted molar refractivity (Wildman–Crippen MR) is 105 cm³/mol. The van der Waals surface area contributed by atoms with E-state index in [1.807, 2.05) is 24.3 Å². The van der Waals surface area contributed by atoms with Crippen LogP contribution in [0.5, 0.6) is 5.75 Å². The molecule has 0 saturated heterocycles. The summed E-state index contributed by atoms with van der Waals surface area (Å²) in [4.78, 5) is 4.39. The Morgan fingerprint density at radius 1 is 1.23 bits per heavy atom. The van der Waals surface area contributed by atoms with Gasteiger partial charge in [-0.15, -0.1) is 24.0 Å². The predicted octanol–water partition coefficient (Wildman–Crippen LogP) is 3.93. The molecule has 0 radical (unpaired) electrons. The van der Waals surface area contributed by atoms with E-state index < -0.39 is 0 Å². The molecular weight excluding hydrogens is 389 g/mol. The van der Waals surface area contributed by atoms with Crippen molar-refractivity contribution in [2.75, 3.05) is 7.11 Å². The molecule has 0 aliphatic carbocycles. The Morgan fingerprint density at radius 2 is 1.91 bits per heavy atom. The number of nitrogens with zero attached hydrogens (tertiary/aromatic N) is 1. The number of aliphatic imine (C=N–C) groups is 1.